The maximum atomic E-state index is 13.2. The lowest BCUT2D eigenvalue weighted by Gasteiger charge is -2.14. The summed E-state index contributed by atoms with van der Waals surface area (Å²) in [7, 11) is 1.23. The van der Waals surface area contributed by atoms with E-state index in [-0.39, 0.29) is 12.4 Å². The van der Waals surface area contributed by atoms with Gasteiger partial charge in [0.15, 0.2) is 6.61 Å². The molecule has 0 atom stereocenters. The van der Waals surface area contributed by atoms with Crippen LogP contribution in [0.3, 0.4) is 0 Å². The van der Waals surface area contributed by atoms with Gasteiger partial charge in [0.2, 0.25) is 5.78 Å². The number of carbonyl (C=O) groups excluding carboxylic acids is 2. The van der Waals surface area contributed by atoms with Gasteiger partial charge < -0.3 is 10.5 Å². The van der Waals surface area contributed by atoms with Gasteiger partial charge in [-0.15, -0.1) is 0 Å². The van der Waals surface area contributed by atoms with Crippen LogP contribution in [0, 0.1) is 5.82 Å². The van der Waals surface area contributed by atoms with E-state index in [1.165, 1.54) is 31.3 Å². The molecule has 0 fully saturated rings. The Morgan fingerprint density at radius 1 is 1.09 bits per heavy atom. The van der Waals surface area contributed by atoms with Crippen LogP contribution in [0.1, 0.15) is 21.5 Å². The third kappa shape index (κ3) is 5.07. The first-order valence-electron chi connectivity index (χ1n) is 9.54. The predicted molar refractivity (Wildman–Crippen MR) is 117 cm³/mol. The third-order valence-corrected chi connectivity index (χ3v) is 4.65. The van der Waals surface area contributed by atoms with E-state index in [1.54, 1.807) is 30.3 Å². The molecule has 9 heteroatoms. The molecule has 0 spiro atoms. The predicted octanol–water partition coefficient (Wildman–Crippen LogP) is 1.76. The second kappa shape index (κ2) is 9.69. The minimum Gasteiger partial charge on any atom is -0.454 e. The summed E-state index contributed by atoms with van der Waals surface area (Å²) in [5.74, 6) is -2.49. The Hall–Kier alpha value is -4.27. The second-order valence-electron chi connectivity index (χ2n) is 6.90. The van der Waals surface area contributed by atoms with Crippen molar-refractivity contribution >= 4 is 23.6 Å². The number of rotatable bonds is 7. The van der Waals surface area contributed by atoms with Gasteiger partial charge in [-0.25, -0.2) is 14.0 Å². The molecule has 0 saturated carbocycles. The van der Waals surface area contributed by atoms with E-state index >= 15 is 0 Å². The second-order valence-corrected chi connectivity index (χ2v) is 6.90. The standard InChI is InChI=1S/C23H20FN3O5/c1-26-22(30)20(21(25)27(23(26)31)13-16-6-3-2-4-7-16)18(28)14-32-19(29)11-10-15-8-5-9-17(24)12-15/h2-12H,13-14,25H2,1H3. The monoisotopic (exact) mass is 437 g/mol. The molecule has 0 aliphatic carbocycles. The summed E-state index contributed by atoms with van der Waals surface area (Å²) in [6, 6.07) is 14.4. The molecule has 1 heterocycles. The van der Waals surface area contributed by atoms with Crippen LogP contribution < -0.4 is 17.0 Å². The summed E-state index contributed by atoms with van der Waals surface area (Å²) in [6.45, 7) is -0.703. The van der Waals surface area contributed by atoms with Gasteiger partial charge in [-0.2, -0.15) is 0 Å². The lowest BCUT2D eigenvalue weighted by Crippen LogP contribution is -2.43. The Morgan fingerprint density at radius 2 is 1.81 bits per heavy atom. The largest absolute Gasteiger partial charge is 0.454 e. The van der Waals surface area contributed by atoms with Crippen LogP contribution in [0.5, 0.6) is 0 Å². The number of nitrogen functional groups attached to an aromatic ring is 1. The van der Waals surface area contributed by atoms with Crippen LogP contribution in [-0.4, -0.2) is 27.5 Å². The molecule has 0 aliphatic heterocycles. The molecule has 0 aliphatic rings. The number of carbonyl (C=O) groups is 2. The molecule has 2 N–H and O–H groups in total. The van der Waals surface area contributed by atoms with Crippen molar-refractivity contribution in [1.82, 2.24) is 9.13 Å². The summed E-state index contributed by atoms with van der Waals surface area (Å²) in [5.41, 5.74) is 5.17. The van der Waals surface area contributed by atoms with Crippen molar-refractivity contribution in [3.63, 3.8) is 0 Å². The van der Waals surface area contributed by atoms with E-state index in [0.717, 1.165) is 20.8 Å². The first-order chi connectivity index (χ1) is 15.3. The highest BCUT2D eigenvalue weighted by Crippen LogP contribution is 2.10. The maximum Gasteiger partial charge on any atom is 0.332 e. The first kappa shape index (κ1) is 22.4. The smallest absolute Gasteiger partial charge is 0.332 e. The molecule has 2 aromatic carbocycles. The van der Waals surface area contributed by atoms with Crippen LogP contribution in [0.15, 0.2) is 70.3 Å². The number of anilines is 1. The Kier molecular flexibility index (Phi) is 6.79. The molecule has 0 saturated heterocycles. The molecular formula is C23H20FN3O5. The van der Waals surface area contributed by atoms with Crippen LogP contribution in [0.25, 0.3) is 6.08 Å². The fraction of sp³-hybridized carbons (Fsp3) is 0.130. The van der Waals surface area contributed by atoms with Crippen molar-refractivity contribution in [2.24, 2.45) is 7.05 Å². The van der Waals surface area contributed by atoms with Gasteiger partial charge in [-0.05, 0) is 29.3 Å². The Labute approximate surface area is 182 Å². The molecule has 0 bridgehead atoms. The fourth-order valence-electron chi connectivity index (χ4n) is 3.00. The Morgan fingerprint density at radius 3 is 2.50 bits per heavy atom. The van der Waals surface area contributed by atoms with Crippen molar-refractivity contribution in [2.75, 3.05) is 12.3 Å². The van der Waals surface area contributed by atoms with Crippen LogP contribution in [-0.2, 0) is 23.1 Å². The summed E-state index contributed by atoms with van der Waals surface area (Å²) in [6.07, 6.45) is 2.35. The minimum atomic E-state index is -0.881. The summed E-state index contributed by atoms with van der Waals surface area (Å²) in [5, 5.41) is 0. The normalized spacial score (nSPS) is 10.9. The maximum absolute atomic E-state index is 13.2. The number of hydrogen-bond donors (Lipinski definition) is 1. The topological polar surface area (TPSA) is 113 Å². The number of benzene rings is 2. The van der Waals surface area contributed by atoms with Gasteiger partial charge >= 0.3 is 11.7 Å². The molecule has 1 aromatic heterocycles. The molecule has 0 unspecified atom stereocenters. The van der Waals surface area contributed by atoms with E-state index in [0.29, 0.717) is 5.56 Å². The van der Waals surface area contributed by atoms with Gasteiger partial charge in [-0.3, -0.25) is 18.7 Å². The van der Waals surface area contributed by atoms with Crippen LogP contribution in [0.4, 0.5) is 10.2 Å². The number of halogens is 1. The van der Waals surface area contributed by atoms with E-state index in [9.17, 15) is 23.6 Å². The van der Waals surface area contributed by atoms with Gasteiger partial charge in [0.25, 0.3) is 5.56 Å². The SMILES string of the molecule is Cn1c(=O)c(C(=O)COC(=O)C=Cc2cccc(F)c2)c(N)n(Cc2ccccc2)c1=O. The Bertz CT molecular complexity index is 1310. The average Bonchev–Trinajstić information content (AvgIpc) is 2.78. The van der Waals surface area contributed by atoms with Gasteiger partial charge in [0, 0.05) is 13.1 Å². The molecule has 164 valence electrons. The van der Waals surface area contributed by atoms with Crippen molar-refractivity contribution in [2.45, 2.75) is 6.54 Å². The van der Waals surface area contributed by atoms with Gasteiger partial charge in [0.05, 0.1) is 6.54 Å². The van der Waals surface area contributed by atoms with Crippen molar-refractivity contribution < 1.29 is 18.7 Å². The van der Waals surface area contributed by atoms with E-state index in [4.69, 9.17) is 10.5 Å². The number of Topliss-reactive ketones (excluding diaryl/α,β-unsaturated/α-hetero) is 1. The molecule has 0 radical (unpaired) electrons. The lowest BCUT2D eigenvalue weighted by molar-refractivity contribution is -0.136. The number of nitrogens with zero attached hydrogens (tertiary/aromatic N) is 2. The van der Waals surface area contributed by atoms with Crippen LogP contribution in [0.2, 0.25) is 0 Å². The van der Waals surface area contributed by atoms with Gasteiger partial charge in [0.1, 0.15) is 17.2 Å². The van der Waals surface area contributed by atoms with Crippen molar-refractivity contribution in [3.8, 4) is 0 Å². The zero-order valence-electron chi connectivity index (χ0n) is 17.2. The summed E-state index contributed by atoms with van der Waals surface area (Å²) in [4.78, 5) is 49.5. The first-order valence-corrected chi connectivity index (χ1v) is 9.54. The highest BCUT2D eigenvalue weighted by atomic mass is 19.1. The molecule has 3 rings (SSSR count). The lowest BCUT2D eigenvalue weighted by atomic mass is 10.2. The third-order valence-electron chi connectivity index (χ3n) is 4.65. The molecule has 32 heavy (non-hydrogen) atoms. The van der Waals surface area contributed by atoms with Crippen LogP contribution >= 0.6 is 0 Å². The Balaban J connectivity index is 1.79. The number of aromatic nitrogens is 2. The number of ketones is 1. The molecular weight excluding hydrogens is 417 g/mol. The summed E-state index contributed by atoms with van der Waals surface area (Å²) >= 11 is 0. The summed E-state index contributed by atoms with van der Waals surface area (Å²) < 4.78 is 19.9. The highest BCUT2D eigenvalue weighted by Gasteiger charge is 2.22. The zero-order valence-corrected chi connectivity index (χ0v) is 17.2. The fourth-order valence-corrected chi connectivity index (χ4v) is 3.00. The number of nitrogens with two attached hydrogens (primary N) is 1. The van der Waals surface area contributed by atoms with E-state index < -0.39 is 41.0 Å². The number of hydrogen-bond acceptors (Lipinski definition) is 6. The molecule has 8 nitrogen and oxygen atoms in total. The zero-order chi connectivity index (χ0) is 23.3. The number of ether oxygens (including phenoxy) is 1. The molecule has 0 amide bonds. The van der Waals surface area contributed by atoms with E-state index in [1.807, 2.05) is 6.07 Å². The van der Waals surface area contributed by atoms with Crippen molar-refractivity contribution in [1.29, 1.82) is 0 Å². The quantitative estimate of drug-likeness (QED) is 0.342. The van der Waals surface area contributed by atoms with Crippen molar-refractivity contribution in [3.05, 3.63) is 104 Å². The average molecular weight is 437 g/mol. The van der Waals surface area contributed by atoms with Gasteiger partial charge in [-0.1, -0.05) is 42.5 Å². The number of esters is 1. The van der Waals surface area contributed by atoms with E-state index in [2.05, 4.69) is 0 Å². The minimum absolute atomic E-state index is 0.0517. The highest BCUT2D eigenvalue weighted by molar-refractivity contribution is 6.02. The molecule has 3 aromatic rings.